The second kappa shape index (κ2) is 6.40. The molecule has 6 heteroatoms. The molecule has 2 aromatic carbocycles. The van der Waals surface area contributed by atoms with Crippen molar-refractivity contribution in [3.05, 3.63) is 36.4 Å². The van der Waals surface area contributed by atoms with Crippen molar-refractivity contribution >= 4 is 23.2 Å². The van der Waals surface area contributed by atoms with E-state index in [4.69, 9.17) is 4.74 Å². The van der Waals surface area contributed by atoms with Gasteiger partial charge in [-0.3, -0.25) is 0 Å². The second-order valence-corrected chi connectivity index (χ2v) is 5.10. The van der Waals surface area contributed by atoms with Gasteiger partial charge in [0.25, 0.3) is 0 Å². The Morgan fingerprint density at radius 3 is 2.30 bits per heavy atom. The molecule has 0 aliphatic heterocycles. The molecular formula is C14H13BF3KO. The summed E-state index contributed by atoms with van der Waals surface area (Å²) in [5.41, 5.74) is -0.556. The number of fused-ring (bicyclic) bond motifs is 1. The maximum atomic E-state index is 12.6. The Bertz CT molecular complexity index is 611. The Morgan fingerprint density at radius 1 is 1.00 bits per heavy atom. The normalized spacial score (nSPS) is 14.9. The minimum atomic E-state index is -4.94. The molecule has 1 fully saturated rings. The van der Waals surface area contributed by atoms with E-state index in [0.29, 0.717) is 17.9 Å². The van der Waals surface area contributed by atoms with Crippen molar-refractivity contribution in [2.75, 3.05) is 6.61 Å². The zero-order chi connectivity index (χ0) is 13.5. The molecule has 0 spiro atoms. The van der Waals surface area contributed by atoms with Gasteiger partial charge < -0.3 is 17.7 Å². The summed E-state index contributed by atoms with van der Waals surface area (Å²) in [6.07, 6.45) is 2.43. The van der Waals surface area contributed by atoms with Gasteiger partial charge in [0.05, 0.1) is 6.61 Å². The Kier molecular flexibility index (Phi) is 5.24. The minimum Gasteiger partial charge on any atom is -0.493 e. The van der Waals surface area contributed by atoms with Crippen LogP contribution in [0.15, 0.2) is 36.4 Å². The quantitative estimate of drug-likeness (QED) is 0.755. The molecule has 0 N–H and O–H groups in total. The summed E-state index contributed by atoms with van der Waals surface area (Å²) in [5.74, 6) is 1.38. The summed E-state index contributed by atoms with van der Waals surface area (Å²) >= 11 is 0. The minimum absolute atomic E-state index is 0. The van der Waals surface area contributed by atoms with Gasteiger partial charge in [0, 0.05) is 0 Å². The van der Waals surface area contributed by atoms with Crippen LogP contribution in [0.1, 0.15) is 12.8 Å². The fraction of sp³-hybridized carbons (Fsp3) is 0.286. The summed E-state index contributed by atoms with van der Waals surface area (Å²) in [6.45, 7) is -4.23. The van der Waals surface area contributed by atoms with Crippen LogP contribution >= 0.6 is 0 Å². The number of rotatable bonds is 4. The van der Waals surface area contributed by atoms with Gasteiger partial charge in [-0.15, -0.1) is 5.46 Å². The smallest absolute Gasteiger partial charge is 0.493 e. The molecule has 0 atom stereocenters. The molecular weight excluding hydrogens is 291 g/mol. The molecule has 0 aromatic heterocycles. The van der Waals surface area contributed by atoms with Crippen LogP contribution in [-0.2, 0) is 0 Å². The van der Waals surface area contributed by atoms with Crippen LogP contribution in [0.3, 0.4) is 0 Å². The number of hydrogen-bond acceptors (Lipinski definition) is 1. The van der Waals surface area contributed by atoms with Crippen molar-refractivity contribution in [1.29, 1.82) is 0 Å². The van der Waals surface area contributed by atoms with Crippen molar-refractivity contribution in [2.24, 2.45) is 5.92 Å². The van der Waals surface area contributed by atoms with Crippen molar-refractivity contribution in [2.45, 2.75) is 12.8 Å². The molecule has 0 saturated heterocycles. The zero-order valence-corrected chi connectivity index (χ0v) is 14.4. The molecule has 1 saturated carbocycles. The Balaban J connectivity index is 0.00000147. The van der Waals surface area contributed by atoms with E-state index in [1.165, 1.54) is 25.0 Å². The van der Waals surface area contributed by atoms with E-state index in [-0.39, 0.29) is 51.4 Å². The first-order valence-corrected chi connectivity index (χ1v) is 6.39. The van der Waals surface area contributed by atoms with Gasteiger partial charge in [-0.2, -0.15) is 0 Å². The third kappa shape index (κ3) is 4.01. The van der Waals surface area contributed by atoms with E-state index in [2.05, 4.69) is 0 Å². The molecule has 3 rings (SSSR count). The molecule has 20 heavy (non-hydrogen) atoms. The Labute approximate surface area is 158 Å². The molecule has 0 bridgehead atoms. The predicted molar refractivity (Wildman–Crippen MR) is 70.9 cm³/mol. The third-order valence-corrected chi connectivity index (χ3v) is 3.40. The van der Waals surface area contributed by atoms with Crippen molar-refractivity contribution in [1.82, 2.24) is 0 Å². The fourth-order valence-corrected chi connectivity index (χ4v) is 2.03. The average molecular weight is 304 g/mol. The predicted octanol–water partition coefficient (Wildman–Crippen LogP) is 0.687. The van der Waals surface area contributed by atoms with Gasteiger partial charge >= 0.3 is 58.4 Å². The SMILES string of the molecule is F[B-](F)(F)c1ccc2cc(OCC3CC3)ccc2c1.[K+]. The number of hydrogen-bond donors (Lipinski definition) is 0. The topological polar surface area (TPSA) is 9.23 Å². The van der Waals surface area contributed by atoms with Crippen molar-refractivity contribution in [3.8, 4) is 5.75 Å². The third-order valence-electron chi connectivity index (χ3n) is 3.40. The van der Waals surface area contributed by atoms with Gasteiger partial charge in [0.1, 0.15) is 5.75 Å². The van der Waals surface area contributed by atoms with Crippen LogP contribution in [0.5, 0.6) is 5.75 Å². The molecule has 0 unspecified atom stereocenters. The van der Waals surface area contributed by atoms with Gasteiger partial charge in [-0.1, -0.05) is 24.3 Å². The van der Waals surface area contributed by atoms with E-state index >= 15 is 0 Å². The summed E-state index contributed by atoms with van der Waals surface area (Å²) < 4.78 is 43.6. The van der Waals surface area contributed by atoms with E-state index < -0.39 is 12.4 Å². The average Bonchev–Trinajstić information content (AvgIpc) is 3.18. The maximum absolute atomic E-state index is 12.6. The number of halogens is 3. The monoisotopic (exact) mass is 304 g/mol. The van der Waals surface area contributed by atoms with Crippen molar-refractivity contribution < 1.29 is 69.1 Å². The Morgan fingerprint density at radius 2 is 1.65 bits per heavy atom. The van der Waals surface area contributed by atoms with Gasteiger partial charge in [-0.25, -0.2) is 0 Å². The first-order chi connectivity index (χ1) is 9.02. The largest absolute Gasteiger partial charge is 1.00 e. The summed E-state index contributed by atoms with van der Waals surface area (Å²) in [5, 5.41) is 1.37. The number of benzene rings is 2. The molecule has 1 nitrogen and oxygen atoms in total. The molecule has 2 aromatic rings. The zero-order valence-electron chi connectivity index (χ0n) is 11.3. The second-order valence-electron chi connectivity index (χ2n) is 5.10. The molecule has 1 aliphatic rings. The van der Waals surface area contributed by atoms with Crippen LogP contribution < -0.4 is 61.6 Å². The first-order valence-electron chi connectivity index (χ1n) is 6.39. The van der Waals surface area contributed by atoms with Crippen LogP contribution in [0.2, 0.25) is 0 Å². The van der Waals surface area contributed by atoms with Crippen LogP contribution in [-0.4, -0.2) is 13.6 Å². The van der Waals surface area contributed by atoms with E-state index in [0.717, 1.165) is 17.2 Å². The van der Waals surface area contributed by atoms with Gasteiger partial charge in [0.15, 0.2) is 0 Å². The summed E-state index contributed by atoms with van der Waals surface area (Å²) in [7, 11) is 0. The van der Waals surface area contributed by atoms with Crippen LogP contribution in [0.4, 0.5) is 12.9 Å². The van der Waals surface area contributed by atoms with Gasteiger partial charge in [0.2, 0.25) is 0 Å². The number of ether oxygens (including phenoxy) is 1. The van der Waals surface area contributed by atoms with E-state index in [9.17, 15) is 12.9 Å². The molecule has 0 radical (unpaired) electrons. The van der Waals surface area contributed by atoms with Gasteiger partial charge in [-0.05, 0) is 41.7 Å². The van der Waals surface area contributed by atoms with E-state index in [1.54, 1.807) is 18.2 Å². The standard InChI is InChI=1S/C14H13BF3O.K/c16-15(17,18)13-5-3-12-8-14(6-4-11(12)7-13)19-9-10-1-2-10;/h3-8,10H,1-2,9H2;/q-1;+1. The Hall–Kier alpha value is -0.00870. The van der Waals surface area contributed by atoms with Crippen molar-refractivity contribution in [3.63, 3.8) is 0 Å². The van der Waals surface area contributed by atoms with Crippen LogP contribution in [0.25, 0.3) is 10.8 Å². The maximum Gasteiger partial charge on any atom is 1.00 e. The summed E-state index contributed by atoms with van der Waals surface area (Å²) in [4.78, 5) is 0. The first kappa shape index (κ1) is 16.4. The fourth-order valence-electron chi connectivity index (χ4n) is 2.03. The molecule has 100 valence electrons. The van der Waals surface area contributed by atoms with E-state index in [1.807, 2.05) is 0 Å². The molecule has 1 aliphatic carbocycles. The summed E-state index contributed by atoms with van der Waals surface area (Å²) in [6, 6.07) is 9.04. The molecule has 0 heterocycles. The van der Waals surface area contributed by atoms with Crippen LogP contribution in [0, 0.1) is 5.92 Å². The molecule has 0 amide bonds.